The second-order valence-corrected chi connectivity index (χ2v) is 8.90. The zero-order chi connectivity index (χ0) is 21.3. The van der Waals surface area contributed by atoms with Crippen molar-refractivity contribution < 1.29 is 14.3 Å². The minimum atomic E-state index is -0.555. The van der Waals surface area contributed by atoms with Crippen LogP contribution in [0.4, 0.5) is 0 Å². The Morgan fingerprint density at radius 2 is 1.80 bits per heavy atom. The van der Waals surface area contributed by atoms with Crippen molar-refractivity contribution >= 4 is 35.1 Å². The Morgan fingerprint density at radius 3 is 2.43 bits per heavy atom. The third-order valence-electron chi connectivity index (χ3n) is 6.02. The molecule has 1 amide bonds. The summed E-state index contributed by atoms with van der Waals surface area (Å²) in [6, 6.07) is 14.5. The number of halogens is 2. The molecule has 158 valence electrons. The van der Waals surface area contributed by atoms with Crippen molar-refractivity contribution in [1.29, 1.82) is 0 Å². The number of rotatable bonds is 6. The highest BCUT2D eigenvalue weighted by Crippen LogP contribution is 2.48. The van der Waals surface area contributed by atoms with Gasteiger partial charge in [0, 0.05) is 22.4 Å². The van der Waals surface area contributed by atoms with Crippen LogP contribution in [0.3, 0.4) is 0 Å². The number of esters is 1. The van der Waals surface area contributed by atoms with Gasteiger partial charge in [0.05, 0.1) is 12.6 Å². The SMILES string of the molecule is CCOC(=O)C(C1CC1)N1C(=O)CC[C@H](c2cccc(Cl)c2)[C@H]1c1ccc(Cl)cc1. The molecule has 1 saturated carbocycles. The molecule has 4 rings (SSSR count). The number of likely N-dealkylation sites (tertiary alicyclic amines) is 1. The van der Waals surface area contributed by atoms with Gasteiger partial charge in [-0.05, 0) is 67.5 Å². The van der Waals surface area contributed by atoms with Crippen LogP contribution >= 0.6 is 23.2 Å². The van der Waals surface area contributed by atoms with Gasteiger partial charge < -0.3 is 9.64 Å². The molecule has 1 aliphatic heterocycles. The number of hydrogen-bond acceptors (Lipinski definition) is 3. The second-order valence-electron chi connectivity index (χ2n) is 8.03. The molecule has 4 nitrogen and oxygen atoms in total. The lowest BCUT2D eigenvalue weighted by Gasteiger charge is -2.45. The predicted octanol–water partition coefficient (Wildman–Crippen LogP) is 5.78. The first-order chi connectivity index (χ1) is 14.5. The van der Waals surface area contributed by atoms with E-state index in [0.717, 1.165) is 24.0 Å². The van der Waals surface area contributed by atoms with Gasteiger partial charge in [-0.2, -0.15) is 0 Å². The lowest BCUT2D eigenvalue weighted by Crippen LogP contribution is -2.52. The van der Waals surface area contributed by atoms with Gasteiger partial charge in [0.25, 0.3) is 0 Å². The molecule has 1 saturated heterocycles. The maximum Gasteiger partial charge on any atom is 0.329 e. The topological polar surface area (TPSA) is 46.6 Å². The summed E-state index contributed by atoms with van der Waals surface area (Å²) in [6.45, 7) is 2.10. The highest BCUT2D eigenvalue weighted by molar-refractivity contribution is 6.30. The Morgan fingerprint density at radius 1 is 1.07 bits per heavy atom. The molecule has 6 heteroatoms. The van der Waals surface area contributed by atoms with Gasteiger partial charge in [-0.15, -0.1) is 0 Å². The first-order valence-corrected chi connectivity index (χ1v) is 11.2. The maximum atomic E-state index is 13.2. The molecule has 1 unspecified atom stereocenters. The normalized spacial score (nSPS) is 22.6. The molecule has 0 spiro atoms. The van der Waals surface area contributed by atoms with Crippen LogP contribution in [-0.4, -0.2) is 29.4 Å². The van der Waals surface area contributed by atoms with Gasteiger partial charge in [0.2, 0.25) is 5.91 Å². The zero-order valence-electron chi connectivity index (χ0n) is 16.9. The highest BCUT2D eigenvalue weighted by Gasteiger charge is 2.49. The summed E-state index contributed by atoms with van der Waals surface area (Å²) in [7, 11) is 0. The van der Waals surface area contributed by atoms with E-state index in [1.165, 1.54) is 0 Å². The fourth-order valence-electron chi connectivity index (χ4n) is 4.55. The van der Waals surface area contributed by atoms with Crippen LogP contribution in [0.2, 0.25) is 10.0 Å². The molecule has 1 aliphatic carbocycles. The maximum absolute atomic E-state index is 13.2. The van der Waals surface area contributed by atoms with E-state index in [9.17, 15) is 9.59 Å². The Labute approximate surface area is 187 Å². The van der Waals surface area contributed by atoms with Crippen molar-refractivity contribution in [1.82, 2.24) is 4.90 Å². The van der Waals surface area contributed by atoms with Crippen LogP contribution in [0.15, 0.2) is 48.5 Å². The molecular formula is C24H25Cl2NO3. The summed E-state index contributed by atoms with van der Waals surface area (Å²) in [5.74, 6) is -0.128. The minimum absolute atomic E-state index is 0.00168. The lowest BCUT2D eigenvalue weighted by atomic mass is 9.78. The number of carbonyl (C=O) groups is 2. The fraction of sp³-hybridized carbons (Fsp3) is 0.417. The van der Waals surface area contributed by atoms with E-state index in [2.05, 4.69) is 0 Å². The van der Waals surface area contributed by atoms with Gasteiger partial charge >= 0.3 is 5.97 Å². The van der Waals surface area contributed by atoms with Crippen molar-refractivity contribution in [2.75, 3.05) is 6.61 Å². The summed E-state index contributed by atoms with van der Waals surface area (Å²) in [5.41, 5.74) is 2.03. The van der Waals surface area contributed by atoms with E-state index in [1.54, 1.807) is 11.8 Å². The van der Waals surface area contributed by atoms with Crippen molar-refractivity contribution in [3.63, 3.8) is 0 Å². The van der Waals surface area contributed by atoms with Gasteiger partial charge in [-0.3, -0.25) is 4.79 Å². The number of hydrogen-bond donors (Lipinski definition) is 0. The molecule has 1 heterocycles. The number of piperidine rings is 1. The molecule has 0 radical (unpaired) electrons. The third-order valence-corrected chi connectivity index (χ3v) is 6.51. The third kappa shape index (κ3) is 4.35. The van der Waals surface area contributed by atoms with Crippen LogP contribution in [0.5, 0.6) is 0 Å². The molecule has 3 atom stereocenters. The van der Waals surface area contributed by atoms with Crippen molar-refractivity contribution in [3.05, 3.63) is 69.7 Å². The van der Waals surface area contributed by atoms with E-state index in [0.29, 0.717) is 29.5 Å². The predicted molar refractivity (Wildman–Crippen MR) is 118 cm³/mol. The molecule has 0 bridgehead atoms. The fourth-order valence-corrected chi connectivity index (χ4v) is 4.88. The largest absolute Gasteiger partial charge is 0.464 e. The van der Waals surface area contributed by atoms with Gasteiger partial charge in [0.1, 0.15) is 6.04 Å². The molecule has 0 N–H and O–H groups in total. The highest BCUT2D eigenvalue weighted by atomic mass is 35.5. The quantitative estimate of drug-likeness (QED) is 0.529. The molecule has 2 aliphatic rings. The zero-order valence-corrected chi connectivity index (χ0v) is 18.4. The molecule has 30 heavy (non-hydrogen) atoms. The minimum Gasteiger partial charge on any atom is -0.464 e. The number of benzene rings is 2. The average molecular weight is 446 g/mol. The van der Waals surface area contributed by atoms with E-state index >= 15 is 0 Å². The Bertz CT molecular complexity index is 926. The number of ether oxygens (including phenoxy) is 1. The summed E-state index contributed by atoms with van der Waals surface area (Å²) in [5, 5.41) is 1.30. The van der Waals surface area contributed by atoms with Crippen LogP contribution in [0, 0.1) is 5.92 Å². The summed E-state index contributed by atoms with van der Waals surface area (Å²) in [6.07, 6.45) is 2.96. The van der Waals surface area contributed by atoms with E-state index < -0.39 is 6.04 Å². The van der Waals surface area contributed by atoms with Gasteiger partial charge in [-0.25, -0.2) is 4.79 Å². The van der Waals surface area contributed by atoms with Crippen molar-refractivity contribution in [2.24, 2.45) is 5.92 Å². The van der Waals surface area contributed by atoms with E-state index in [1.807, 2.05) is 48.5 Å². The average Bonchev–Trinajstić information content (AvgIpc) is 3.55. The van der Waals surface area contributed by atoms with E-state index in [-0.39, 0.29) is 29.8 Å². The van der Waals surface area contributed by atoms with Crippen LogP contribution in [-0.2, 0) is 14.3 Å². The van der Waals surface area contributed by atoms with Gasteiger partial charge in [0.15, 0.2) is 0 Å². The first kappa shape index (κ1) is 21.2. The molecule has 0 aromatic heterocycles. The van der Waals surface area contributed by atoms with E-state index in [4.69, 9.17) is 27.9 Å². The summed E-state index contributed by atoms with van der Waals surface area (Å²) >= 11 is 12.4. The van der Waals surface area contributed by atoms with Crippen LogP contribution in [0.1, 0.15) is 55.7 Å². The van der Waals surface area contributed by atoms with Gasteiger partial charge in [-0.1, -0.05) is 47.5 Å². The monoisotopic (exact) mass is 445 g/mol. The number of amides is 1. The summed E-state index contributed by atoms with van der Waals surface area (Å²) in [4.78, 5) is 28.0. The number of carbonyl (C=O) groups excluding carboxylic acids is 2. The standard InChI is InChI=1S/C24H25Cl2NO3/c1-2-30-24(29)23(16-6-7-16)27-21(28)13-12-20(17-4-3-5-19(26)14-17)22(27)15-8-10-18(25)11-9-15/h3-5,8-11,14,16,20,22-23H,2,6-7,12-13H2,1H3/t20-,22-,23?/m1/s1. The number of nitrogens with zero attached hydrogens (tertiary/aromatic N) is 1. The molecule has 2 aromatic rings. The molecule has 2 aromatic carbocycles. The second kappa shape index (κ2) is 8.99. The van der Waals surface area contributed by atoms with Crippen molar-refractivity contribution in [3.8, 4) is 0 Å². The molecular weight excluding hydrogens is 421 g/mol. The van der Waals surface area contributed by atoms with Crippen molar-refractivity contribution in [2.45, 2.75) is 50.6 Å². The summed E-state index contributed by atoms with van der Waals surface area (Å²) < 4.78 is 5.40. The molecule has 2 fully saturated rings. The Hall–Kier alpha value is -2.04. The lowest BCUT2D eigenvalue weighted by molar-refractivity contribution is -0.160. The van der Waals surface area contributed by atoms with Crippen LogP contribution < -0.4 is 0 Å². The smallest absolute Gasteiger partial charge is 0.329 e. The van der Waals surface area contributed by atoms with Crippen LogP contribution in [0.25, 0.3) is 0 Å². The Kier molecular flexibility index (Phi) is 6.35. The Balaban J connectivity index is 1.81. The first-order valence-electron chi connectivity index (χ1n) is 10.5.